The zero-order chi connectivity index (χ0) is 20.8. The topological polar surface area (TPSA) is 71.8 Å². The van der Waals surface area contributed by atoms with Gasteiger partial charge < -0.3 is 19.1 Å². The minimum absolute atomic E-state index is 0.0339. The van der Waals surface area contributed by atoms with Crippen LogP contribution in [0.15, 0.2) is 42.0 Å². The quantitative estimate of drug-likeness (QED) is 0.416. The van der Waals surface area contributed by atoms with Crippen molar-refractivity contribution in [1.82, 2.24) is 0 Å². The van der Waals surface area contributed by atoms with Gasteiger partial charge in [-0.3, -0.25) is 0 Å². The lowest BCUT2D eigenvalue weighted by Gasteiger charge is -2.12. The van der Waals surface area contributed by atoms with Crippen LogP contribution in [0.4, 0.5) is 5.69 Å². The van der Waals surface area contributed by atoms with Crippen LogP contribution in [0.2, 0.25) is 5.02 Å². The van der Waals surface area contributed by atoms with Gasteiger partial charge in [0, 0.05) is 26.2 Å². The van der Waals surface area contributed by atoms with Gasteiger partial charge in [0.1, 0.15) is 18.2 Å². The Bertz CT molecular complexity index is 962. The van der Waals surface area contributed by atoms with Crippen LogP contribution in [-0.4, -0.2) is 33.3 Å². The van der Waals surface area contributed by atoms with Crippen LogP contribution in [0.5, 0.6) is 11.5 Å². The molecule has 6 nitrogen and oxygen atoms in total. The minimum atomic E-state index is -0.701. The number of carbonyl (C=O) groups is 1. The van der Waals surface area contributed by atoms with Crippen molar-refractivity contribution in [3.63, 3.8) is 0 Å². The number of rotatable bonds is 5. The Morgan fingerprint density at radius 3 is 2.66 bits per heavy atom. The molecule has 0 radical (unpaired) electrons. The van der Waals surface area contributed by atoms with Gasteiger partial charge in [0.25, 0.3) is 0 Å². The number of hydrogen-bond acceptors (Lipinski definition) is 6. The number of halogens is 1. The number of carbonyl (C=O) groups excluding carboxylic acids is 1. The van der Waals surface area contributed by atoms with E-state index >= 15 is 0 Å². The van der Waals surface area contributed by atoms with Crippen molar-refractivity contribution >= 4 is 29.3 Å². The number of nitrogens with zero attached hydrogens (tertiary/aromatic N) is 2. The summed E-state index contributed by atoms with van der Waals surface area (Å²) in [6.07, 6.45) is 2.27. The molecule has 150 valence electrons. The van der Waals surface area contributed by atoms with Crippen molar-refractivity contribution in [2.24, 2.45) is 0 Å². The summed E-state index contributed by atoms with van der Waals surface area (Å²) in [5, 5.41) is 9.74. The van der Waals surface area contributed by atoms with Crippen molar-refractivity contribution < 1.29 is 19.0 Å². The van der Waals surface area contributed by atoms with E-state index in [1.807, 2.05) is 49.3 Å². The van der Waals surface area contributed by atoms with Gasteiger partial charge in [-0.25, -0.2) is 4.79 Å². The first kappa shape index (κ1) is 20.6. The second-order valence-electron chi connectivity index (χ2n) is 6.69. The summed E-state index contributed by atoms with van der Waals surface area (Å²) in [7, 11) is 3.88. The normalized spacial score (nSPS) is 13.2. The molecule has 0 bridgehead atoms. The summed E-state index contributed by atoms with van der Waals surface area (Å²) in [6.45, 7) is 1.03. The van der Waals surface area contributed by atoms with Gasteiger partial charge in [0.2, 0.25) is 0 Å². The molecule has 1 heterocycles. The fourth-order valence-corrected chi connectivity index (χ4v) is 3.05. The van der Waals surface area contributed by atoms with E-state index in [9.17, 15) is 10.1 Å². The third-order valence-electron chi connectivity index (χ3n) is 4.29. The highest BCUT2D eigenvalue weighted by molar-refractivity contribution is 6.32. The summed E-state index contributed by atoms with van der Waals surface area (Å²) in [5.41, 5.74) is 2.33. The molecule has 0 amide bonds. The van der Waals surface area contributed by atoms with Crippen molar-refractivity contribution in [3.05, 3.63) is 58.1 Å². The van der Waals surface area contributed by atoms with Crippen LogP contribution in [0.1, 0.15) is 17.5 Å². The van der Waals surface area contributed by atoms with E-state index in [0.29, 0.717) is 35.3 Å². The molecule has 1 aliphatic rings. The zero-order valence-corrected chi connectivity index (χ0v) is 17.0. The van der Waals surface area contributed by atoms with Gasteiger partial charge in [0.15, 0.2) is 11.5 Å². The van der Waals surface area contributed by atoms with E-state index in [0.717, 1.165) is 17.7 Å². The van der Waals surface area contributed by atoms with Crippen molar-refractivity contribution in [2.45, 2.75) is 13.0 Å². The van der Waals surface area contributed by atoms with Crippen molar-refractivity contribution in [1.29, 1.82) is 5.26 Å². The summed E-state index contributed by atoms with van der Waals surface area (Å²) in [6, 6.07) is 12.8. The Kier molecular flexibility index (Phi) is 6.63. The molecule has 0 aliphatic carbocycles. The molecule has 0 spiro atoms. The average molecular weight is 413 g/mol. The Morgan fingerprint density at radius 1 is 1.24 bits per heavy atom. The number of hydrogen-bond donors (Lipinski definition) is 0. The summed E-state index contributed by atoms with van der Waals surface area (Å²) >= 11 is 6.25. The molecule has 0 atom stereocenters. The van der Waals surface area contributed by atoms with E-state index < -0.39 is 5.97 Å². The number of esters is 1. The highest BCUT2D eigenvalue weighted by Gasteiger charge is 2.17. The van der Waals surface area contributed by atoms with E-state index in [4.69, 9.17) is 25.8 Å². The lowest BCUT2D eigenvalue weighted by molar-refractivity contribution is -0.139. The van der Waals surface area contributed by atoms with E-state index in [1.165, 1.54) is 6.08 Å². The number of ether oxygens (including phenoxy) is 3. The molecular formula is C22H21ClN2O4. The van der Waals surface area contributed by atoms with E-state index in [1.54, 1.807) is 12.1 Å². The molecular weight excluding hydrogens is 392 g/mol. The predicted octanol–water partition coefficient (Wildman–Crippen LogP) is 4.22. The smallest absolute Gasteiger partial charge is 0.349 e. The second kappa shape index (κ2) is 9.35. The molecule has 2 aromatic rings. The van der Waals surface area contributed by atoms with Gasteiger partial charge in [-0.1, -0.05) is 23.7 Å². The fourth-order valence-electron chi connectivity index (χ4n) is 2.77. The largest absolute Gasteiger partial charge is 0.489 e. The minimum Gasteiger partial charge on any atom is -0.489 e. The average Bonchev–Trinajstić information content (AvgIpc) is 2.96. The van der Waals surface area contributed by atoms with E-state index in [2.05, 4.69) is 0 Å². The summed E-state index contributed by atoms with van der Waals surface area (Å²) in [5.74, 6) is 0.323. The monoisotopic (exact) mass is 412 g/mol. The second-order valence-corrected chi connectivity index (χ2v) is 7.09. The third-order valence-corrected chi connectivity index (χ3v) is 4.57. The standard InChI is InChI=1S/C22H21ClN2O4/c1-25(2)18-6-4-15(5-7-18)10-17(13-24)22(26)29-14-16-11-19(23)21-20(12-16)27-8-3-9-28-21/h4-7,10-12H,3,8-9,14H2,1-2H3/b17-10+. The zero-order valence-electron chi connectivity index (χ0n) is 16.3. The van der Waals surface area contributed by atoms with Gasteiger partial charge in [-0.2, -0.15) is 5.26 Å². The SMILES string of the molecule is CN(C)c1ccc(/C=C(\C#N)C(=O)OCc2cc(Cl)c3c(c2)OCCCO3)cc1. The first-order chi connectivity index (χ1) is 14.0. The highest BCUT2D eigenvalue weighted by Crippen LogP contribution is 2.38. The maximum absolute atomic E-state index is 12.3. The number of anilines is 1. The lowest BCUT2D eigenvalue weighted by Crippen LogP contribution is -2.08. The molecule has 3 rings (SSSR count). The maximum Gasteiger partial charge on any atom is 0.349 e. The van der Waals surface area contributed by atoms with Gasteiger partial charge in [-0.15, -0.1) is 0 Å². The number of benzene rings is 2. The maximum atomic E-state index is 12.3. The number of nitriles is 1. The molecule has 2 aromatic carbocycles. The number of fused-ring (bicyclic) bond motifs is 1. The third kappa shape index (κ3) is 5.21. The molecule has 0 N–H and O–H groups in total. The molecule has 0 saturated carbocycles. The fraction of sp³-hybridized carbons (Fsp3) is 0.273. The van der Waals surface area contributed by atoms with Crippen LogP contribution in [-0.2, 0) is 16.1 Å². The molecule has 0 unspecified atom stereocenters. The molecule has 0 saturated heterocycles. The summed E-state index contributed by atoms with van der Waals surface area (Å²) < 4.78 is 16.5. The molecule has 1 aliphatic heterocycles. The first-order valence-electron chi connectivity index (χ1n) is 9.12. The van der Waals surface area contributed by atoms with Crippen molar-refractivity contribution in [2.75, 3.05) is 32.2 Å². The van der Waals surface area contributed by atoms with Gasteiger partial charge in [-0.05, 0) is 41.5 Å². The summed E-state index contributed by atoms with van der Waals surface area (Å²) in [4.78, 5) is 14.3. The Hall–Kier alpha value is -3.17. The molecule has 7 heteroatoms. The van der Waals surface area contributed by atoms with Crippen LogP contribution in [0.3, 0.4) is 0 Å². The van der Waals surface area contributed by atoms with Crippen LogP contribution in [0, 0.1) is 11.3 Å². The Morgan fingerprint density at radius 2 is 1.97 bits per heavy atom. The van der Waals surface area contributed by atoms with Gasteiger partial charge >= 0.3 is 5.97 Å². The lowest BCUT2D eigenvalue weighted by atomic mass is 10.1. The molecule has 0 aromatic heterocycles. The highest BCUT2D eigenvalue weighted by atomic mass is 35.5. The first-order valence-corrected chi connectivity index (χ1v) is 9.50. The predicted molar refractivity (Wildman–Crippen MR) is 111 cm³/mol. The van der Waals surface area contributed by atoms with Crippen LogP contribution < -0.4 is 14.4 Å². The van der Waals surface area contributed by atoms with Gasteiger partial charge in [0.05, 0.1) is 18.2 Å². The van der Waals surface area contributed by atoms with Crippen LogP contribution in [0.25, 0.3) is 6.08 Å². The Balaban J connectivity index is 1.69. The van der Waals surface area contributed by atoms with E-state index in [-0.39, 0.29) is 12.2 Å². The molecule has 29 heavy (non-hydrogen) atoms. The Labute approximate surface area is 174 Å². The van der Waals surface area contributed by atoms with Crippen molar-refractivity contribution in [3.8, 4) is 17.6 Å². The molecule has 0 fully saturated rings. The van der Waals surface area contributed by atoms with Crippen LogP contribution >= 0.6 is 11.6 Å².